The highest BCUT2D eigenvalue weighted by Gasteiger charge is 2.15. The third-order valence-corrected chi connectivity index (χ3v) is 3.89. The average Bonchev–Trinajstić information content (AvgIpc) is 2.49. The normalized spacial score (nSPS) is 14.9. The van der Waals surface area contributed by atoms with Crippen LogP contribution in [0.5, 0.6) is 11.5 Å². The van der Waals surface area contributed by atoms with Crippen LogP contribution in [0.25, 0.3) is 0 Å². The molecule has 0 bridgehead atoms. The van der Waals surface area contributed by atoms with E-state index in [1.807, 2.05) is 30.3 Å². The number of benzene rings is 2. The van der Waals surface area contributed by atoms with Gasteiger partial charge >= 0.3 is 0 Å². The molecule has 0 amide bonds. The smallest absolute Gasteiger partial charge is 0.161 e. The second kappa shape index (κ2) is 5.85. The van der Waals surface area contributed by atoms with Gasteiger partial charge < -0.3 is 15.2 Å². The maximum atomic E-state index is 6.29. The molecule has 4 heteroatoms. The van der Waals surface area contributed by atoms with Gasteiger partial charge in [0.15, 0.2) is 11.5 Å². The van der Waals surface area contributed by atoms with Crippen molar-refractivity contribution in [2.45, 2.75) is 12.5 Å². The molecule has 0 spiro atoms. The lowest BCUT2D eigenvalue weighted by molar-refractivity contribution is 0.171. The molecule has 2 N–H and O–H groups in total. The van der Waals surface area contributed by atoms with Gasteiger partial charge in [-0.15, -0.1) is 0 Å². The third-order valence-electron chi connectivity index (χ3n) is 3.36. The average molecular weight is 334 g/mol. The van der Waals surface area contributed by atoms with Gasteiger partial charge in [0, 0.05) is 10.5 Å². The first-order valence-electron chi connectivity index (χ1n) is 6.62. The Hall–Kier alpha value is -1.52. The van der Waals surface area contributed by atoms with Crippen LogP contribution < -0.4 is 15.2 Å². The van der Waals surface area contributed by atoms with Gasteiger partial charge in [-0.2, -0.15) is 0 Å². The van der Waals surface area contributed by atoms with E-state index < -0.39 is 0 Å². The second-order valence-electron chi connectivity index (χ2n) is 4.84. The first-order valence-corrected chi connectivity index (χ1v) is 7.41. The Bertz CT molecular complexity index is 598. The minimum Gasteiger partial charge on any atom is -0.486 e. The van der Waals surface area contributed by atoms with Crippen LogP contribution in [0.2, 0.25) is 0 Å². The van der Waals surface area contributed by atoms with Crippen molar-refractivity contribution in [3.8, 4) is 11.5 Å². The highest BCUT2D eigenvalue weighted by atomic mass is 79.9. The predicted molar refractivity (Wildman–Crippen MR) is 82.2 cm³/mol. The van der Waals surface area contributed by atoms with Crippen molar-refractivity contribution < 1.29 is 9.47 Å². The SMILES string of the molecule is NC(Cc1ccc(Br)cc1)c1ccc2c(c1)OCCO2. The number of nitrogens with two attached hydrogens (primary N) is 1. The monoisotopic (exact) mass is 333 g/mol. The van der Waals surface area contributed by atoms with Crippen LogP contribution in [0.1, 0.15) is 17.2 Å². The molecular weight excluding hydrogens is 318 g/mol. The van der Waals surface area contributed by atoms with Crippen molar-refractivity contribution in [3.63, 3.8) is 0 Å². The molecule has 1 aliphatic heterocycles. The molecule has 0 fully saturated rings. The maximum Gasteiger partial charge on any atom is 0.161 e. The molecule has 2 aromatic carbocycles. The van der Waals surface area contributed by atoms with Crippen molar-refractivity contribution in [3.05, 3.63) is 58.1 Å². The standard InChI is InChI=1S/C16H16BrNO2/c17-13-4-1-11(2-5-13)9-14(18)12-3-6-15-16(10-12)20-8-7-19-15/h1-6,10,14H,7-9,18H2. The maximum absolute atomic E-state index is 6.29. The zero-order valence-electron chi connectivity index (χ0n) is 11.0. The molecule has 3 nitrogen and oxygen atoms in total. The number of hydrogen-bond donors (Lipinski definition) is 1. The van der Waals surface area contributed by atoms with E-state index in [-0.39, 0.29) is 6.04 Å². The van der Waals surface area contributed by atoms with Gasteiger partial charge in [0.1, 0.15) is 13.2 Å². The van der Waals surface area contributed by atoms with Crippen LogP contribution in [0.4, 0.5) is 0 Å². The molecule has 2 aromatic rings. The Balaban J connectivity index is 1.76. The van der Waals surface area contributed by atoms with E-state index in [4.69, 9.17) is 15.2 Å². The molecule has 0 aliphatic carbocycles. The molecular formula is C16H16BrNO2. The van der Waals surface area contributed by atoms with E-state index in [0.29, 0.717) is 13.2 Å². The number of fused-ring (bicyclic) bond motifs is 1. The summed E-state index contributed by atoms with van der Waals surface area (Å²) in [5.74, 6) is 1.59. The topological polar surface area (TPSA) is 44.5 Å². The van der Waals surface area contributed by atoms with Gasteiger partial charge in [-0.25, -0.2) is 0 Å². The summed E-state index contributed by atoms with van der Waals surface area (Å²) in [6.07, 6.45) is 0.799. The van der Waals surface area contributed by atoms with Crippen LogP contribution >= 0.6 is 15.9 Å². The fourth-order valence-electron chi connectivity index (χ4n) is 2.28. The summed E-state index contributed by atoms with van der Waals surface area (Å²) in [6.45, 7) is 1.20. The van der Waals surface area contributed by atoms with E-state index >= 15 is 0 Å². The van der Waals surface area contributed by atoms with Gasteiger partial charge in [0.25, 0.3) is 0 Å². The van der Waals surface area contributed by atoms with Crippen molar-refractivity contribution in [2.75, 3.05) is 13.2 Å². The molecule has 1 atom stereocenters. The molecule has 0 radical (unpaired) electrons. The van der Waals surface area contributed by atoms with E-state index in [1.54, 1.807) is 0 Å². The minimum atomic E-state index is -0.0491. The van der Waals surface area contributed by atoms with Gasteiger partial charge in [0.05, 0.1) is 0 Å². The lowest BCUT2D eigenvalue weighted by Gasteiger charge is -2.20. The molecule has 0 saturated carbocycles. The minimum absolute atomic E-state index is 0.0491. The zero-order valence-corrected chi connectivity index (χ0v) is 12.6. The summed E-state index contributed by atoms with van der Waals surface area (Å²) in [7, 11) is 0. The molecule has 20 heavy (non-hydrogen) atoms. The Morgan fingerprint density at radius 1 is 1.00 bits per heavy atom. The molecule has 0 saturated heterocycles. The van der Waals surface area contributed by atoms with Crippen molar-refractivity contribution >= 4 is 15.9 Å². The van der Waals surface area contributed by atoms with Crippen LogP contribution in [-0.2, 0) is 6.42 Å². The second-order valence-corrected chi connectivity index (χ2v) is 5.76. The molecule has 1 heterocycles. The third kappa shape index (κ3) is 2.97. The van der Waals surface area contributed by atoms with E-state index in [0.717, 1.165) is 28.0 Å². The molecule has 104 valence electrons. The largest absolute Gasteiger partial charge is 0.486 e. The van der Waals surface area contributed by atoms with E-state index in [9.17, 15) is 0 Å². The van der Waals surface area contributed by atoms with Gasteiger partial charge in [-0.05, 0) is 41.8 Å². The van der Waals surface area contributed by atoms with Crippen LogP contribution in [0.15, 0.2) is 46.9 Å². The Kier molecular flexibility index (Phi) is 3.94. The fraction of sp³-hybridized carbons (Fsp3) is 0.250. The lowest BCUT2D eigenvalue weighted by Crippen LogP contribution is -2.17. The number of rotatable bonds is 3. The van der Waals surface area contributed by atoms with Gasteiger partial charge in [0.2, 0.25) is 0 Å². The summed E-state index contributed by atoms with van der Waals surface area (Å²) >= 11 is 3.44. The van der Waals surface area contributed by atoms with Gasteiger partial charge in [-0.1, -0.05) is 34.1 Å². The highest BCUT2D eigenvalue weighted by Crippen LogP contribution is 2.32. The van der Waals surface area contributed by atoms with Gasteiger partial charge in [-0.3, -0.25) is 0 Å². The molecule has 0 aromatic heterocycles. The zero-order chi connectivity index (χ0) is 13.9. The Labute approximate surface area is 126 Å². The summed E-state index contributed by atoms with van der Waals surface area (Å²) in [6, 6.07) is 14.1. The van der Waals surface area contributed by atoms with E-state index in [2.05, 4.69) is 28.1 Å². The first kappa shape index (κ1) is 13.5. The van der Waals surface area contributed by atoms with Crippen molar-refractivity contribution in [1.29, 1.82) is 0 Å². The molecule has 1 unspecified atom stereocenters. The lowest BCUT2D eigenvalue weighted by atomic mass is 9.99. The van der Waals surface area contributed by atoms with Crippen LogP contribution in [-0.4, -0.2) is 13.2 Å². The van der Waals surface area contributed by atoms with Crippen LogP contribution in [0, 0.1) is 0 Å². The number of halogens is 1. The summed E-state index contributed by atoms with van der Waals surface area (Å²) in [4.78, 5) is 0. The summed E-state index contributed by atoms with van der Waals surface area (Å²) < 4.78 is 12.2. The summed E-state index contributed by atoms with van der Waals surface area (Å²) in [5.41, 5.74) is 8.58. The molecule has 3 rings (SSSR count). The molecule has 1 aliphatic rings. The van der Waals surface area contributed by atoms with Crippen LogP contribution in [0.3, 0.4) is 0 Å². The highest BCUT2D eigenvalue weighted by molar-refractivity contribution is 9.10. The number of hydrogen-bond acceptors (Lipinski definition) is 3. The number of ether oxygens (including phenoxy) is 2. The first-order chi connectivity index (χ1) is 9.72. The summed E-state index contributed by atoms with van der Waals surface area (Å²) in [5, 5.41) is 0. The van der Waals surface area contributed by atoms with Crippen molar-refractivity contribution in [1.82, 2.24) is 0 Å². The Morgan fingerprint density at radius 3 is 2.45 bits per heavy atom. The quantitative estimate of drug-likeness (QED) is 0.935. The Morgan fingerprint density at radius 2 is 1.70 bits per heavy atom. The predicted octanol–water partition coefficient (Wildman–Crippen LogP) is 3.46. The van der Waals surface area contributed by atoms with Crippen molar-refractivity contribution in [2.24, 2.45) is 5.73 Å². The fourth-order valence-corrected chi connectivity index (χ4v) is 2.55. The van der Waals surface area contributed by atoms with E-state index in [1.165, 1.54) is 5.56 Å².